The van der Waals surface area contributed by atoms with E-state index in [0.29, 0.717) is 17.7 Å². The van der Waals surface area contributed by atoms with Gasteiger partial charge in [-0.2, -0.15) is 0 Å². The minimum absolute atomic E-state index is 0. The monoisotopic (exact) mass is 403 g/mol. The van der Waals surface area contributed by atoms with Gasteiger partial charge in [0.2, 0.25) is 0 Å². The molecular formula is C22H30ClN3O2. The van der Waals surface area contributed by atoms with E-state index >= 15 is 0 Å². The maximum atomic E-state index is 12.7. The molecule has 3 N–H and O–H groups in total. The standard InChI is InChI=1S/C22H29N3O2.ClH/c1-3-14-25(15-4-2)22(27)19-7-5-6-18(16-19)21(26)24-13-12-17-8-10-20(23)11-9-17;/h5-11,16H,3-4,12-15,23H2,1-2H3,(H,24,26);1H. The molecule has 152 valence electrons. The summed E-state index contributed by atoms with van der Waals surface area (Å²) in [4.78, 5) is 27.0. The zero-order valence-corrected chi connectivity index (χ0v) is 17.4. The molecule has 2 aromatic rings. The van der Waals surface area contributed by atoms with Crippen molar-refractivity contribution in [2.24, 2.45) is 0 Å². The number of anilines is 1. The number of halogens is 1. The topological polar surface area (TPSA) is 75.4 Å². The summed E-state index contributed by atoms with van der Waals surface area (Å²) < 4.78 is 0. The summed E-state index contributed by atoms with van der Waals surface area (Å²) in [7, 11) is 0. The van der Waals surface area contributed by atoms with Crippen LogP contribution in [0.15, 0.2) is 48.5 Å². The molecule has 5 nitrogen and oxygen atoms in total. The molecule has 28 heavy (non-hydrogen) atoms. The molecule has 2 rings (SSSR count). The summed E-state index contributed by atoms with van der Waals surface area (Å²) in [6, 6.07) is 14.6. The fourth-order valence-electron chi connectivity index (χ4n) is 2.94. The van der Waals surface area contributed by atoms with Crippen LogP contribution in [0.4, 0.5) is 5.69 Å². The van der Waals surface area contributed by atoms with Crippen molar-refractivity contribution < 1.29 is 9.59 Å². The van der Waals surface area contributed by atoms with Crippen LogP contribution >= 0.6 is 12.4 Å². The highest BCUT2D eigenvalue weighted by atomic mass is 35.5. The Kier molecular flexibility index (Phi) is 10.1. The van der Waals surface area contributed by atoms with Gasteiger partial charge in [-0.1, -0.05) is 32.0 Å². The molecule has 0 saturated carbocycles. The van der Waals surface area contributed by atoms with Gasteiger partial charge < -0.3 is 16.0 Å². The molecule has 0 bridgehead atoms. The molecule has 0 aromatic heterocycles. The van der Waals surface area contributed by atoms with E-state index in [1.54, 1.807) is 24.3 Å². The largest absolute Gasteiger partial charge is 0.399 e. The number of nitrogens with zero attached hydrogens (tertiary/aromatic N) is 1. The highest BCUT2D eigenvalue weighted by molar-refractivity contribution is 5.99. The fourth-order valence-corrected chi connectivity index (χ4v) is 2.94. The van der Waals surface area contributed by atoms with E-state index in [4.69, 9.17) is 5.73 Å². The molecule has 0 fully saturated rings. The lowest BCUT2D eigenvalue weighted by Gasteiger charge is -2.21. The van der Waals surface area contributed by atoms with Crippen LogP contribution < -0.4 is 11.1 Å². The van der Waals surface area contributed by atoms with Gasteiger partial charge in [0.25, 0.3) is 11.8 Å². The van der Waals surface area contributed by atoms with Gasteiger partial charge in [0.05, 0.1) is 0 Å². The van der Waals surface area contributed by atoms with Crippen LogP contribution in [0.2, 0.25) is 0 Å². The second-order valence-corrected chi connectivity index (χ2v) is 6.62. The highest BCUT2D eigenvalue weighted by Crippen LogP contribution is 2.10. The summed E-state index contributed by atoms with van der Waals surface area (Å²) >= 11 is 0. The van der Waals surface area contributed by atoms with Gasteiger partial charge in [0.15, 0.2) is 0 Å². The van der Waals surface area contributed by atoms with Crippen molar-refractivity contribution in [2.75, 3.05) is 25.4 Å². The van der Waals surface area contributed by atoms with E-state index in [2.05, 4.69) is 19.2 Å². The summed E-state index contributed by atoms with van der Waals surface area (Å²) in [5.74, 6) is -0.187. The first-order valence-corrected chi connectivity index (χ1v) is 9.57. The van der Waals surface area contributed by atoms with Crippen LogP contribution in [0.3, 0.4) is 0 Å². The van der Waals surface area contributed by atoms with Gasteiger partial charge in [0, 0.05) is 36.4 Å². The molecule has 0 aliphatic heterocycles. The number of rotatable bonds is 9. The molecule has 0 radical (unpaired) electrons. The number of benzene rings is 2. The molecule has 2 aromatic carbocycles. The third kappa shape index (κ3) is 6.89. The van der Waals surface area contributed by atoms with E-state index in [9.17, 15) is 9.59 Å². The van der Waals surface area contributed by atoms with E-state index in [-0.39, 0.29) is 24.2 Å². The third-order valence-electron chi connectivity index (χ3n) is 4.32. The lowest BCUT2D eigenvalue weighted by atomic mass is 10.1. The highest BCUT2D eigenvalue weighted by Gasteiger charge is 2.16. The number of nitrogens with one attached hydrogen (secondary N) is 1. The van der Waals surface area contributed by atoms with Crippen molar-refractivity contribution in [3.05, 3.63) is 65.2 Å². The minimum Gasteiger partial charge on any atom is -0.399 e. The molecule has 0 saturated heterocycles. The van der Waals surface area contributed by atoms with Crippen LogP contribution in [0.1, 0.15) is 53.0 Å². The number of hydrogen-bond donors (Lipinski definition) is 2. The van der Waals surface area contributed by atoms with Gasteiger partial charge in [0.1, 0.15) is 0 Å². The Labute approximate surface area is 173 Å². The Morgan fingerprint density at radius 2 is 1.57 bits per heavy atom. The van der Waals surface area contributed by atoms with Gasteiger partial charge in [-0.25, -0.2) is 0 Å². The zero-order valence-electron chi connectivity index (χ0n) is 16.6. The van der Waals surface area contributed by atoms with Crippen LogP contribution in [0.25, 0.3) is 0 Å². The van der Waals surface area contributed by atoms with Crippen LogP contribution in [-0.2, 0) is 6.42 Å². The first-order valence-electron chi connectivity index (χ1n) is 9.57. The summed E-state index contributed by atoms with van der Waals surface area (Å²) in [5, 5.41) is 2.91. The second-order valence-electron chi connectivity index (χ2n) is 6.62. The van der Waals surface area contributed by atoms with Crippen LogP contribution in [-0.4, -0.2) is 36.3 Å². The minimum atomic E-state index is -0.169. The molecule has 0 unspecified atom stereocenters. The number of nitrogens with two attached hydrogens (primary N) is 1. The first kappa shape index (κ1) is 23.5. The molecule has 0 aliphatic carbocycles. The first-order chi connectivity index (χ1) is 13.0. The average Bonchev–Trinajstić information content (AvgIpc) is 2.69. The van der Waals surface area contributed by atoms with Gasteiger partial charge in [-0.3, -0.25) is 9.59 Å². The molecule has 6 heteroatoms. The van der Waals surface area contributed by atoms with Crippen LogP contribution in [0, 0.1) is 0 Å². The number of carbonyl (C=O) groups is 2. The van der Waals surface area contributed by atoms with Crippen molar-refractivity contribution in [3.63, 3.8) is 0 Å². The van der Waals surface area contributed by atoms with E-state index in [1.807, 2.05) is 29.2 Å². The van der Waals surface area contributed by atoms with Gasteiger partial charge in [-0.05, 0) is 55.2 Å². The smallest absolute Gasteiger partial charge is 0.253 e. The Morgan fingerprint density at radius 3 is 2.18 bits per heavy atom. The summed E-state index contributed by atoms with van der Waals surface area (Å²) in [6.07, 6.45) is 2.56. The molecule has 0 heterocycles. The molecule has 0 aliphatic rings. The maximum Gasteiger partial charge on any atom is 0.253 e. The van der Waals surface area contributed by atoms with Crippen molar-refractivity contribution in [1.82, 2.24) is 10.2 Å². The number of carbonyl (C=O) groups excluding carboxylic acids is 2. The average molecular weight is 404 g/mol. The van der Waals surface area contributed by atoms with Crippen molar-refractivity contribution in [3.8, 4) is 0 Å². The lowest BCUT2D eigenvalue weighted by Crippen LogP contribution is -2.33. The number of nitrogen functional groups attached to an aromatic ring is 1. The lowest BCUT2D eigenvalue weighted by molar-refractivity contribution is 0.0755. The van der Waals surface area contributed by atoms with Gasteiger partial charge >= 0.3 is 0 Å². The van der Waals surface area contributed by atoms with Gasteiger partial charge in [-0.15, -0.1) is 12.4 Å². The van der Waals surface area contributed by atoms with E-state index < -0.39 is 0 Å². The van der Waals surface area contributed by atoms with Crippen LogP contribution in [0.5, 0.6) is 0 Å². The Balaban J connectivity index is 0.00000392. The van der Waals surface area contributed by atoms with Crippen molar-refractivity contribution in [1.29, 1.82) is 0 Å². The summed E-state index contributed by atoms with van der Waals surface area (Å²) in [5.41, 5.74) is 8.58. The summed E-state index contributed by atoms with van der Waals surface area (Å²) in [6.45, 7) is 6.09. The third-order valence-corrected chi connectivity index (χ3v) is 4.32. The van der Waals surface area contributed by atoms with E-state index in [1.165, 1.54) is 0 Å². The van der Waals surface area contributed by atoms with E-state index in [0.717, 1.165) is 43.6 Å². The maximum absolute atomic E-state index is 12.7. The Morgan fingerprint density at radius 1 is 0.964 bits per heavy atom. The van der Waals surface area contributed by atoms with Crippen molar-refractivity contribution >= 4 is 29.9 Å². The Hall–Kier alpha value is -2.53. The number of amides is 2. The predicted molar refractivity (Wildman–Crippen MR) is 117 cm³/mol. The zero-order chi connectivity index (χ0) is 19.6. The molecule has 0 spiro atoms. The number of hydrogen-bond acceptors (Lipinski definition) is 3. The molecule has 2 amide bonds. The second kappa shape index (κ2) is 12.0. The molecular weight excluding hydrogens is 374 g/mol. The predicted octanol–water partition coefficient (Wildman–Crippen LogP) is 3.93. The van der Waals surface area contributed by atoms with Crippen molar-refractivity contribution in [2.45, 2.75) is 33.1 Å². The fraction of sp³-hybridized carbons (Fsp3) is 0.364. The normalized spacial score (nSPS) is 10.1. The quantitative estimate of drug-likeness (QED) is 0.623. The Bertz CT molecular complexity index is 757. The molecule has 0 atom stereocenters. The SMILES string of the molecule is CCCN(CCC)C(=O)c1cccc(C(=O)NCCc2ccc(N)cc2)c1.Cl.